The predicted octanol–water partition coefficient (Wildman–Crippen LogP) is 4.11. The summed E-state index contributed by atoms with van der Waals surface area (Å²) in [6, 6.07) is 7.80. The molecule has 1 atom stereocenters. The van der Waals surface area contributed by atoms with Crippen LogP contribution in [-0.4, -0.2) is 37.9 Å². The summed E-state index contributed by atoms with van der Waals surface area (Å²) in [7, 11) is 0. The number of nitrogens with two attached hydrogens (primary N) is 1. The van der Waals surface area contributed by atoms with Gasteiger partial charge >= 0.3 is 0 Å². The zero-order valence-electron chi connectivity index (χ0n) is 16.6. The number of aromatic nitrogens is 4. The van der Waals surface area contributed by atoms with Crippen LogP contribution in [0.1, 0.15) is 42.8 Å². The van der Waals surface area contributed by atoms with Crippen LogP contribution >= 0.6 is 11.6 Å². The maximum atomic E-state index is 6.06. The second-order valence-electron chi connectivity index (χ2n) is 7.47. The molecule has 2 aromatic heterocycles. The molecule has 150 valence electrons. The predicted molar refractivity (Wildman–Crippen MR) is 116 cm³/mol. The number of nitrogens with zero attached hydrogens (tertiary/aromatic N) is 5. The molecule has 3 heterocycles. The Morgan fingerprint density at radius 1 is 1.10 bits per heavy atom. The first-order chi connectivity index (χ1) is 14.1. The van der Waals surface area contributed by atoms with Gasteiger partial charge in [0.2, 0.25) is 5.95 Å². The highest BCUT2D eigenvalue weighted by atomic mass is 35.5. The van der Waals surface area contributed by atoms with Crippen molar-refractivity contribution < 1.29 is 0 Å². The Kier molecular flexibility index (Phi) is 6.02. The first kappa shape index (κ1) is 19.7. The summed E-state index contributed by atoms with van der Waals surface area (Å²) < 4.78 is 0. The Balaban J connectivity index is 1.56. The van der Waals surface area contributed by atoms with E-state index in [0.29, 0.717) is 16.9 Å². The van der Waals surface area contributed by atoms with Crippen LogP contribution in [0, 0.1) is 0 Å². The number of rotatable bonds is 5. The highest BCUT2D eigenvalue weighted by Crippen LogP contribution is 2.34. The van der Waals surface area contributed by atoms with E-state index in [9.17, 15) is 0 Å². The minimum absolute atomic E-state index is 0.301. The van der Waals surface area contributed by atoms with Crippen molar-refractivity contribution in [2.45, 2.75) is 38.6 Å². The number of benzene rings is 1. The lowest BCUT2D eigenvalue weighted by atomic mass is 9.90. The van der Waals surface area contributed by atoms with Crippen LogP contribution in [0.4, 0.5) is 5.95 Å². The Morgan fingerprint density at radius 2 is 1.86 bits per heavy atom. The fraction of sp³-hybridized carbons (Fsp3) is 0.364. The molecule has 1 aliphatic heterocycles. The molecule has 0 spiro atoms. The number of hydrogen-bond donors (Lipinski definition) is 1. The fourth-order valence-corrected chi connectivity index (χ4v) is 4.02. The molecule has 4 rings (SSSR count). The van der Waals surface area contributed by atoms with Crippen molar-refractivity contribution in [1.82, 2.24) is 24.8 Å². The molecule has 3 aromatic rings. The summed E-state index contributed by atoms with van der Waals surface area (Å²) in [6.07, 6.45) is 8.77. The lowest BCUT2D eigenvalue weighted by Crippen LogP contribution is -2.34. The number of hydrogen-bond acceptors (Lipinski definition) is 6. The Labute approximate surface area is 176 Å². The first-order valence-electron chi connectivity index (χ1n) is 10.0. The van der Waals surface area contributed by atoms with Crippen LogP contribution in [0.3, 0.4) is 0 Å². The SMILES string of the molecule is CCc1ncc(CN2CCC[C@H](c3nc(N)ncc3-c3ccc(Cl)cc3)C2)cn1. The molecule has 0 radical (unpaired) electrons. The van der Waals surface area contributed by atoms with E-state index >= 15 is 0 Å². The standard InChI is InChI=1S/C22H25ClN6/c1-2-20-25-10-15(11-26-20)13-29-9-3-4-17(14-29)21-19(12-27-22(24)28-21)16-5-7-18(23)8-6-16/h5-8,10-12,17H,2-4,9,13-14H2,1H3,(H2,24,27,28)/t17-/m0/s1. The second-order valence-corrected chi connectivity index (χ2v) is 7.91. The molecule has 1 aromatic carbocycles. The van der Waals surface area contributed by atoms with Gasteiger partial charge in [0.1, 0.15) is 5.82 Å². The van der Waals surface area contributed by atoms with Crippen LogP contribution in [0.2, 0.25) is 5.02 Å². The second kappa shape index (κ2) is 8.84. The van der Waals surface area contributed by atoms with E-state index in [1.54, 1.807) is 0 Å². The van der Waals surface area contributed by atoms with Crippen molar-refractivity contribution in [3.05, 3.63) is 65.0 Å². The van der Waals surface area contributed by atoms with Gasteiger partial charge in [-0.2, -0.15) is 0 Å². The monoisotopic (exact) mass is 408 g/mol. The lowest BCUT2D eigenvalue weighted by Gasteiger charge is -2.33. The molecule has 6 nitrogen and oxygen atoms in total. The average molecular weight is 409 g/mol. The smallest absolute Gasteiger partial charge is 0.220 e. The molecule has 1 aliphatic rings. The van der Waals surface area contributed by atoms with Crippen molar-refractivity contribution in [3.8, 4) is 11.1 Å². The normalized spacial score (nSPS) is 17.4. The molecule has 29 heavy (non-hydrogen) atoms. The van der Waals surface area contributed by atoms with Gasteiger partial charge in [-0.25, -0.2) is 19.9 Å². The molecule has 1 saturated heterocycles. The number of piperidine rings is 1. The highest BCUT2D eigenvalue weighted by molar-refractivity contribution is 6.30. The quantitative estimate of drug-likeness (QED) is 0.684. The molecule has 2 N–H and O–H groups in total. The first-order valence-corrected chi connectivity index (χ1v) is 10.4. The van der Waals surface area contributed by atoms with E-state index in [2.05, 4.69) is 31.8 Å². The van der Waals surface area contributed by atoms with Crippen LogP contribution in [0.5, 0.6) is 0 Å². The zero-order valence-corrected chi connectivity index (χ0v) is 17.3. The number of halogens is 1. The molecule has 0 bridgehead atoms. The van der Waals surface area contributed by atoms with E-state index in [0.717, 1.165) is 67.1 Å². The molecule has 0 aliphatic carbocycles. The van der Waals surface area contributed by atoms with Gasteiger partial charge in [-0.3, -0.25) is 4.90 Å². The van der Waals surface area contributed by atoms with E-state index in [1.807, 2.05) is 42.9 Å². The third kappa shape index (κ3) is 4.71. The summed E-state index contributed by atoms with van der Waals surface area (Å²) in [5.74, 6) is 1.50. The van der Waals surface area contributed by atoms with Gasteiger partial charge in [0.25, 0.3) is 0 Å². The van der Waals surface area contributed by atoms with Gasteiger partial charge in [-0.15, -0.1) is 0 Å². The van der Waals surface area contributed by atoms with Crippen molar-refractivity contribution in [2.75, 3.05) is 18.8 Å². The molecular weight excluding hydrogens is 384 g/mol. The van der Waals surface area contributed by atoms with Crippen LogP contribution in [0.15, 0.2) is 42.9 Å². The van der Waals surface area contributed by atoms with Gasteiger partial charge in [0.15, 0.2) is 0 Å². The molecular formula is C22H25ClN6. The third-order valence-corrected chi connectivity index (χ3v) is 5.62. The van der Waals surface area contributed by atoms with Gasteiger partial charge in [0.05, 0.1) is 5.69 Å². The Hall–Kier alpha value is -2.57. The van der Waals surface area contributed by atoms with Gasteiger partial charge in [-0.1, -0.05) is 30.7 Å². The molecule has 0 amide bonds. The van der Waals surface area contributed by atoms with E-state index in [1.165, 1.54) is 0 Å². The third-order valence-electron chi connectivity index (χ3n) is 5.37. The lowest BCUT2D eigenvalue weighted by molar-refractivity contribution is 0.198. The number of anilines is 1. The molecule has 0 unspecified atom stereocenters. The summed E-state index contributed by atoms with van der Waals surface area (Å²) in [6.45, 7) is 4.89. The maximum absolute atomic E-state index is 6.06. The number of nitrogen functional groups attached to an aromatic ring is 1. The van der Waals surface area contributed by atoms with E-state index in [4.69, 9.17) is 17.3 Å². The van der Waals surface area contributed by atoms with Crippen molar-refractivity contribution in [3.63, 3.8) is 0 Å². The molecule has 1 fully saturated rings. The van der Waals surface area contributed by atoms with Gasteiger partial charge < -0.3 is 5.73 Å². The van der Waals surface area contributed by atoms with Gasteiger partial charge in [-0.05, 0) is 37.1 Å². The number of aryl methyl sites for hydroxylation is 1. The average Bonchev–Trinajstić information content (AvgIpc) is 2.75. The molecule has 7 heteroatoms. The summed E-state index contributed by atoms with van der Waals surface area (Å²) in [5, 5.41) is 0.715. The highest BCUT2D eigenvalue weighted by Gasteiger charge is 2.25. The minimum Gasteiger partial charge on any atom is -0.368 e. The summed E-state index contributed by atoms with van der Waals surface area (Å²) in [5.41, 5.74) is 10.2. The maximum Gasteiger partial charge on any atom is 0.220 e. The van der Waals surface area contributed by atoms with Crippen LogP contribution in [-0.2, 0) is 13.0 Å². The van der Waals surface area contributed by atoms with Crippen molar-refractivity contribution in [1.29, 1.82) is 0 Å². The fourth-order valence-electron chi connectivity index (χ4n) is 3.90. The topological polar surface area (TPSA) is 80.8 Å². The van der Waals surface area contributed by atoms with Crippen molar-refractivity contribution >= 4 is 17.5 Å². The van der Waals surface area contributed by atoms with E-state index < -0.39 is 0 Å². The van der Waals surface area contributed by atoms with Crippen LogP contribution < -0.4 is 5.73 Å². The van der Waals surface area contributed by atoms with Gasteiger partial charge in [0, 0.05) is 60.2 Å². The Morgan fingerprint density at radius 3 is 2.59 bits per heavy atom. The minimum atomic E-state index is 0.301. The molecule has 0 saturated carbocycles. The van der Waals surface area contributed by atoms with E-state index in [-0.39, 0.29) is 0 Å². The summed E-state index contributed by atoms with van der Waals surface area (Å²) >= 11 is 6.06. The number of likely N-dealkylation sites (tertiary alicyclic amines) is 1. The zero-order chi connectivity index (χ0) is 20.2. The Bertz CT molecular complexity index is 958. The summed E-state index contributed by atoms with van der Waals surface area (Å²) in [4.78, 5) is 20.2. The van der Waals surface area contributed by atoms with Crippen LogP contribution in [0.25, 0.3) is 11.1 Å². The van der Waals surface area contributed by atoms with Crippen molar-refractivity contribution in [2.24, 2.45) is 0 Å². The largest absolute Gasteiger partial charge is 0.368 e.